The number of hydrogen-bond donors (Lipinski definition) is 0. The quantitative estimate of drug-likeness (QED) is 0.173. The van der Waals surface area contributed by atoms with Crippen LogP contribution in [0.25, 0.3) is 0 Å². The monoisotopic (exact) mass is 1190 g/mol. The summed E-state index contributed by atoms with van der Waals surface area (Å²) in [5.41, 5.74) is 5.32. The van der Waals surface area contributed by atoms with Crippen LogP contribution in [0, 0.1) is 19.3 Å². The second-order valence-electron chi connectivity index (χ2n) is 21.8. The maximum atomic E-state index is 12.8. The molecule has 1 saturated carbocycles. The number of benzene rings is 2. The van der Waals surface area contributed by atoms with Gasteiger partial charge >= 0.3 is 36.9 Å². The smallest absolute Gasteiger partial charge is 0.426 e. The van der Waals surface area contributed by atoms with Gasteiger partial charge in [0.2, 0.25) is 0 Å². The Labute approximate surface area is 451 Å². The number of sulfone groups is 2. The van der Waals surface area contributed by atoms with Crippen molar-refractivity contribution >= 4 is 49.5 Å². The highest BCUT2D eigenvalue weighted by Gasteiger charge is 2.61. The summed E-state index contributed by atoms with van der Waals surface area (Å²) in [6.07, 6.45) is -21.9. The van der Waals surface area contributed by atoms with E-state index in [1.807, 2.05) is 49.1 Å². The highest BCUT2D eigenvalue weighted by molar-refractivity contribution is 7.91. The number of anilines is 2. The molecule has 79 heavy (non-hydrogen) atoms. The van der Waals surface area contributed by atoms with Gasteiger partial charge in [0.15, 0.2) is 26.0 Å². The van der Waals surface area contributed by atoms with E-state index >= 15 is 0 Å². The van der Waals surface area contributed by atoms with Gasteiger partial charge in [-0.2, -0.15) is 52.7 Å². The molecule has 0 radical (unpaired) electrons. The van der Waals surface area contributed by atoms with Gasteiger partial charge < -0.3 is 29.1 Å². The summed E-state index contributed by atoms with van der Waals surface area (Å²) in [7, 11) is -6.17. The largest absolute Gasteiger partial charge is 0.434 e. The summed E-state index contributed by atoms with van der Waals surface area (Å²) in [5.74, 6) is 0. The third-order valence-corrected chi connectivity index (χ3v) is 19.4. The maximum Gasteiger partial charge on any atom is 0.434 e. The molecule has 14 nitrogen and oxygen atoms in total. The second kappa shape index (κ2) is 24.4. The van der Waals surface area contributed by atoms with Gasteiger partial charge in [0.05, 0.1) is 10.5 Å². The molecule has 2 spiro atoms. The minimum atomic E-state index is -5.75. The number of carbonyl (C=O) groups excluding carboxylic acids is 3. The van der Waals surface area contributed by atoms with E-state index in [1.54, 1.807) is 6.07 Å². The van der Waals surface area contributed by atoms with Crippen LogP contribution in [0.4, 0.5) is 73.6 Å². The molecular weight excluding hydrogens is 1120 g/mol. The molecule has 28 heteroatoms. The van der Waals surface area contributed by atoms with Crippen molar-refractivity contribution in [3.63, 3.8) is 0 Å². The summed E-state index contributed by atoms with van der Waals surface area (Å²) >= 11 is 0. The third kappa shape index (κ3) is 16.3. The number of amides is 2. The third-order valence-electron chi connectivity index (χ3n) is 16.2. The molecule has 446 valence electrons. The number of rotatable bonds is 9. The maximum absolute atomic E-state index is 12.8. The molecule has 1 aliphatic carbocycles. The summed E-state index contributed by atoms with van der Waals surface area (Å²) < 4.78 is 206. The van der Waals surface area contributed by atoms with Crippen molar-refractivity contribution in [1.82, 2.24) is 14.7 Å². The zero-order valence-corrected chi connectivity index (χ0v) is 45.8. The average molecular weight is 1190 g/mol. The lowest BCUT2D eigenvalue weighted by molar-refractivity contribution is -0.309. The van der Waals surface area contributed by atoms with Gasteiger partial charge in [-0.3, -0.25) is 9.69 Å². The van der Waals surface area contributed by atoms with Crippen LogP contribution in [0.5, 0.6) is 0 Å². The first kappa shape index (κ1) is 63.5. The van der Waals surface area contributed by atoms with Crippen molar-refractivity contribution in [2.45, 2.75) is 150 Å². The lowest BCUT2D eigenvalue weighted by Crippen LogP contribution is -2.54. The molecular formula is C51H67F12N5O9S2. The Morgan fingerprint density at radius 1 is 0.582 bits per heavy atom. The van der Waals surface area contributed by atoms with Crippen LogP contribution in [0.1, 0.15) is 104 Å². The second-order valence-corrected chi connectivity index (χ2v) is 26.5. The molecule has 5 saturated heterocycles. The number of ether oxygens (including phenoxy) is 2. The van der Waals surface area contributed by atoms with Crippen molar-refractivity contribution in [2.24, 2.45) is 5.41 Å². The minimum absolute atomic E-state index is 0.0132. The predicted molar refractivity (Wildman–Crippen MR) is 268 cm³/mol. The van der Waals surface area contributed by atoms with Gasteiger partial charge in [-0.05, 0) is 125 Å². The van der Waals surface area contributed by atoms with Crippen LogP contribution < -0.4 is 9.80 Å². The Morgan fingerprint density at radius 2 is 1.00 bits per heavy atom. The number of aryl methyl sites for hydroxylation is 2. The van der Waals surface area contributed by atoms with Crippen molar-refractivity contribution < 1.29 is 93.4 Å². The predicted octanol–water partition coefficient (Wildman–Crippen LogP) is 10.4. The van der Waals surface area contributed by atoms with E-state index in [4.69, 9.17) is 0 Å². The standard InChI is InChI=1S/C25H33F6N3O4S.C13H17F6NO2.C13H17NO3S/c1-17-4-5-18(20(14-17)33-11-6-19(16-33)39(2,36)37)15-34-10-3-7-23(34)8-12-32(13-9-23)22(35)38-21(24(26,27)28)25(29,30)31;14-12(15,16)9(13(17,18)19)22-10(21)20-7-5-11(6-8-20)3-1-2-4-11;1-10-3-4-11(9-15)13(7-10)14-6-5-12(8-14)18(2,16)17/h4-5,14,19,21H,3,6-13,15-16H2,1-2H3;9H,1-8H2;3-4,7,9,12H,5-6,8H2,1-2H3. The first-order valence-electron chi connectivity index (χ1n) is 25.9. The Bertz CT molecular complexity index is 2660. The first-order valence-corrected chi connectivity index (χ1v) is 29.8. The van der Waals surface area contributed by atoms with Crippen LogP contribution >= 0.6 is 0 Å². The van der Waals surface area contributed by atoms with Crippen LogP contribution in [0.15, 0.2) is 36.4 Å². The zero-order chi connectivity index (χ0) is 58.7. The molecule has 0 bridgehead atoms. The number of aldehydes is 1. The molecule has 6 fully saturated rings. The summed E-state index contributed by atoms with van der Waals surface area (Å²) in [6.45, 7) is 7.68. The van der Waals surface area contributed by atoms with Crippen LogP contribution in [0.2, 0.25) is 0 Å². The van der Waals surface area contributed by atoms with E-state index in [2.05, 4.69) is 19.3 Å². The van der Waals surface area contributed by atoms with Gasteiger partial charge in [0.25, 0.3) is 12.2 Å². The number of piperidine rings is 2. The van der Waals surface area contributed by atoms with Gasteiger partial charge in [-0.1, -0.05) is 31.0 Å². The van der Waals surface area contributed by atoms with E-state index in [1.165, 1.54) is 12.5 Å². The summed E-state index contributed by atoms with van der Waals surface area (Å²) in [5, 5.41) is -0.750. The molecule has 2 atom stereocenters. The van der Waals surface area contributed by atoms with E-state index in [0.717, 1.165) is 89.2 Å². The Balaban J connectivity index is 0.000000212. The molecule has 2 aromatic carbocycles. The van der Waals surface area contributed by atoms with Crippen molar-refractivity contribution in [2.75, 3.05) is 81.2 Å². The fourth-order valence-corrected chi connectivity index (χ4v) is 13.6. The van der Waals surface area contributed by atoms with Gasteiger partial charge in [0.1, 0.15) is 0 Å². The molecule has 5 heterocycles. The number of carbonyl (C=O) groups is 3. The minimum Gasteiger partial charge on any atom is -0.426 e. The number of hydrogen-bond acceptors (Lipinski definition) is 12. The van der Waals surface area contributed by atoms with E-state index in [0.29, 0.717) is 76.8 Å². The lowest BCUT2D eigenvalue weighted by Gasteiger charge is -2.45. The Hall–Kier alpha value is -4.73. The van der Waals surface area contributed by atoms with Crippen molar-refractivity contribution in [3.8, 4) is 0 Å². The SMILES string of the molecule is Cc1ccc(C=O)c(N2CCC(S(C)(=O)=O)C2)c1.Cc1ccc(CN2CCCC23CCN(C(=O)OC(C(F)(F)F)C(F)(F)F)CC3)c(N2CCC(S(C)(=O)=O)C2)c1.O=C(OC(C(F)(F)F)C(F)(F)F)N1CCC2(CCCC2)CC1. The highest BCUT2D eigenvalue weighted by Crippen LogP contribution is 2.47. The highest BCUT2D eigenvalue weighted by atomic mass is 32.2. The molecule has 2 unspecified atom stereocenters. The molecule has 0 N–H and O–H groups in total. The summed E-state index contributed by atoms with van der Waals surface area (Å²) in [4.78, 5) is 43.1. The van der Waals surface area contributed by atoms with Crippen LogP contribution in [0.3, 0.4) is 0 Å². The number of alkyl halides is 12. The topological polar surface area (TPSA) is 154 Å². The fraction of sp³-hybridized carbons (Fsp3) is 0.706. The Morgan fingerprint density at radius 3 is 1.42 bits per heavy atom. The Kier molecular flexibility index (Phi) is 19.6. The normalized spacial score (nSPS) is 22.1. The summed E-state index contributed by atoms with van der Waals surface area (Å²) in [6, 6.07) is 11.7. The van der Waals surface area contributed by atoms with Crippen LogP contribution in [-0.4, -0.2) is 174 Å². The van der Waals surface area contributed by atoms with Crippen molar-refractivity contribution in [1.29, 1.82) is 0 Å². The molecule has 2 aromatic rings. The van der Waals surface area contributed by atoms with Gasteiger partial charge in [-0.15, -0.1) is 0 Å². The van der Waals surface area contributed by atoms with Gasteiger partial charge in [0, 0.05) is 93.9 Å². The van der Waals surface area contributed by atoms with E-state index in [-0.39, 0.29) is 42.4 Å². The number of halogens is 12. The fourth-order valence-electron chi connectivity index (χ4n) is 11.6. The van der Waals surface area contributed by atoms with E-state index < -0.39 is 74.0 Å². The number of nitrogens with zero attached hydrogens (tertiary/aromatic N) is 5. The zero-order valence-electron chi connectivity index (χ0n) is 44.2. The van der Waals surface area contributed by atoms with Crippen molar-refractivity contribution in [3.05, 3.63) is 58.7 Å². The molecule has 0 aromatic heterocycles. The van der Waals surface area contributed by atoms with Crippen LogP contribution in [-0.2, 0) is 35.7 Å². The molecule has 5 aliphatic heterocycles. The molecule has 2 amide bonds. The molecule has 8 rings (SSSR count). The average Bonchev–Trinajstić information content (AvgIpc) is 4.20. The molecule has 6 aliphatic rings. The lowest BCUT2D eigenvalue weighted by atomic mass is 9.77. The first-order chi connectivity index (χ1) is 36.4. The number of likely N-dealkylation sites (tertiary alicyclic amines) is 3. The van der Waals surface area contributed by atoms with Gasteiger partial charge in [-0.25, -0.2) is 26.4 Å². The van der Waals surface area contributed by atoms with E-state index in [9.17, 15) is 83.9 Å².